The van der Waals surface area contributed by atoms with E-state index in [9.17, 15) is 9.90 Å². The van der Waals surface area contributed by atoms with Crippen LogP contribution in [0.5, 0.6) is 0 Å². The highest BCUT2D eigenvalue weighted by molar-refractivity contribution is 5.83. The Hall–Kier alpha value is -1.40. The number of aromatic nitrogens is 2. The van der Waals surface area contributed by atoms with Crippen LogP contribution in [0.4, 0.5) is 0 Å². The van der Waals surface area contributed by atoms with Gasteiger partial charge in [-0.15, -0.1) is 0 Å². The summed E-state index contributed by atoms with van der Waals surface area (Å²) < 4.78 is 0. The van der Waals surface area contributed by atoms with E-state index in [1.807, 2.05) is 0 Å². The molecule has 2 heterocycles. The molecule has 1 unspecified atom stereocenters. The van der Waals surface area contributed by atoms with Crippen molar-refractivity contribution in [1.29, 1.82) is 0 Å². The molecule has 21 heavy (non-hydrogen) atoms. The summed E-state index contributed by atoms with van der Waals surface area (Å²) in [7, 11) is 0. The van der Waals surface area contributed by atoms with Gasteiger partial charge in [-0.25, -0.2) is 4.98 Å². The summed E-state index contributed by atoms with van der Waals surface area (Å²) in [5.74, 6) is 0.660. The van der Waals surface area contributed by atoms with Gasteiger partial charge in [0.25, 0.3) is 0 Å². The SMILES string of the molecule is CC1CCC(CO)(NC(=O)C2Cc3nc[nH]c3CN2)CC1. The maximum atomic E-state index is 12.5. The van der Waals surface area contributed by atoms with Crippen LogP contribution in [0.25, 0.3) is 0 Å². The van der Waals surface area contributed by atoms with Gasteiger partial charge in [-0.05, 0) is 31.6 Å². The zero-order chi connectivity index (χ0) is 14.9. The fourth-order valence-corrected chi connectivity index (χ4v) is 3.34. The molecular formula is C15H24N4O2. The summed E-state index contributed by atoms with van der Waals surface area (Å²) >= 11 is 0. The summed E-state index contributed by atoms with van der Waals surface area (Å²) in [5, 5.41) is 16.1. The lowest BCUT2D eigenvalue weighted by Gasteiger charge is -2.40. The predicted molar refractivity (Wildman–Crippen MR) is 78.5 cm³/mol. The molecule has 2 aliphatic rings. The van der Waals surface area contributed by atoms with E-state index in [2.05, 4.69) is 27.5 Å². The molecule has 1 atom stereocenters. The number of nitrogens with zero attached hydrogens (tertiary/aromatic N) is 1. The zero-order valence-corrected chi connectivity index (χ0v) is 12.5. The van der Waals surface area contributed by atoms with E-state index in [0.717, 1.165) is 37.1 Å². The Morgan fingerprint density at radius 3 is 3.00 bits per heavy atom. The van der Waals surface area contributed by atoms with E-state index < -0.39 is 5.54 Å². The Morgan fingerprint density at radius 2 is 2.29 bits per heavy atom. The molecule has 1 fully saturated rings. The van der Waals surface area contributed by atoms with Crippen LogP contribution in [-0.2, 0) is 17.8 Å². The number of hydrogen-bond acceptors (Lipinski definition) is 4. The van der Waals surface area contributed by atoms with Gasteiger partial charge in [0.1, 0.15) is 0 Å². The first-order chi connectivity index (χ1) is 10.1. The topological polar surface area (TPSA) is 90.0 Å². The van der Waals surface area contributed by atoms with Crippen LogP contribution in [0, 0.1) is 5.92 Å². The molecule has 0 spiro atoms. The fourth-order valence-electron chi connectivity index (χ4n) is 3.34. The normalized spacial score (nSPS) is 32.5. The minimum absolute atomic E-state index is 0.0197. The first-order valence-corrected chi connectivity index (χ1v) is 7.79. The number of imidazole rings is 1. The Balaban J connectivity index is 1.63. The third kappa shape index (κ3) is 2.96. The lowest BCUT2D eigenvalue weighted by Crippen LogP contribution is -2.58. The summed E-state index contributed by atoms with van der Waals surface area (Å²) in [6, 6.07) is -0.261. The van der Waals surface area contributed by atoms with E-state index in [1.165, 1.54) is 0 Å². The molecule has 1 saturated carbocycles. The summed E-state index contributed by atoms with van der Waals surface area (Å²) in [4.78, 5) is 19.9. The van der Waals surface area contributed by atoms with Crippen LogP contribution in [0.1, 0.15) is 44.0 Å². The van der Waals surface area contributed by atoms with Gasteiger partial charge in [0, 0.05) is 13.0 Å². The second-order valence-electron chi connectivity index (χ2n) is 6.58. The van der Waals surface area contributed by atoms with Crippen molar-refractivity contribution in [2.45, 2.75) is 57.2 Å². The highest BCUT2D eigenvalue weighted by atomic mass is 16.3. The van der Waals surface area contributed by atoms with Crippen LogP contribution < -0.4 is 10.6 Å². The van der Waals surface area contributed by atoms with E-state index in [0.29, 0.717) is 18.9 Å². The third-order valence-corrected chi connectivity index (χ3v) is 4.97. The lowest BCUT2D eigenvalue weighted by atomic mass is 9.77. The summed E-state index contributed by atoms with van der Waals surface area (Å²) in [6.45, 7) is 2.88. The maximum Gasteiger partial charge on any atom is 0.238 e. The second kappa shape index (κ2) is 5.77. The van der Waals surface area contributed by atoms with Gasteiger partial charge in [0.2, 0.25) is 5.91 Å². The van der Waals surface area contributed by atoms with Crippen molar-refractivity contribution in [3.8, 4) is 0 Å². The number of carbonyl (C=O) groups is 1. The number of hydrogen-bond donors (Lipinski definition) is 4. The smallest absolute Gasteiger partial charge is 0.238 e. The fraction of sp³-hybridized carbons (Fsp3) is 0.733. The molecule has 1 aromatic rings. The minimum atomic E-state index is -0.433. The number of carbonyl (C=O) groups excluding carboxylic acids is 1. The van der Waals surface area contributed by atoms with Crippen LogP contribution in [-0.4, -0.2) is 39.2 Å². The number of fused-ring (bicyclic) bond motifs is 1. The predicted octanol–water partition coefficient (Wildman–Crippen LogP) is 0.481. The Kier molecular flexibility index (Phi) is 3.99. The van der Waals surface area contributed by atoms with Gasteiger partial charge < -0.3 is 15.4 Å². The van der Waals surface area contributed by atoms with Gasteiger partial charge in [-0.3, -0.25) is 10.1 Å². The average molecular weight is 292 g/mol. The molecule has 6 heteroatoms. The van der Waals surface area contributed by atoms with Crippen molar-refractivity contribution in [3.63, 3.8) is 0 Å². The maximum absolute atomic E-state index is 12.5. The molecule has 3 rings (SSSR count). The van der Waals surface area contributed by atoms with Crippen molar-refractivity contribution < 1.29 is 9.90 Å². The molecule has 0 radical (unpaired) electrons. The van der Waals surface area contributed by atoms with E-state index in [1.54, 1.807) is 6.33 Å². The number of amides is 1. The monoisotopic (exact) mass is 292 g/mol. The highest BCUT2D eigenvalue weighted by Gasteiger charge is 2.37. The molecular weight excluding hydrogens is 268 g/mol. The molecule has 4 N–H and O–H groups in total. The van der Waals surface area contributed by atoms with E-state index in [-0.39, 0.29) is 18.6 Å². The molecule has 116 valence electrons. The van der Waals surface area contributed by atoms with Gasteiger partial charge in [0.15, 0.2) is 0 Å². The number of aliphatic hydroxyl groups is 1. The Labute approximate surface area is 124 Å². The molecule has 0 aromatic carbocycles. The number of aliphatic hydroxyl groups excluding tert-OH is 1. The molecule has 1 aliphatic heterocycles. The molecule has 6 nitrogen and oxygen atoms in total. The van der Waals surface area contributed by atoms with Crippen LogP contribution in [0.3, 0.4) is 0 Å². The first kappa shape index (κ1) is 14.5. The quantitative estimate of drug-likeness (QED) is 0.652. The Bertz CT molecular complexity index is 506. The number of nitrogens with one attached hydrogen (secondary N) is 3. The second-order valence-corrected chi connectivity index (χ2v) is 6.58. The van der Waals surface area contributed by atoms with Crippen molar-refractivity contribution in [2.24, 2.45) is 5.92 Å². The van der Waals surface area contributed by atoms with Crippen molar-refractivity contribution in [3.05, 3.63) is 17.7 Å². The van der Waals surface area contributed by atoms with E-state index in [4.69, 9.17) is 0 Å². The average Bonchev–Trinajstić information content (AvgIpc) is 2.97. The van der Waals surface area contributed by atoms with Crippen molar-refractivity contribution in [1.82, 2.24) is 20.6 Å². The van der Waals surface area contributed by atoms with Gasteiger partial charge in [0.05, 0.1) is 35.9 Å². The van der Waals surface area contributed by atoms with Gasteiger partial charge in [-0.1, -0.05) is 6.92 Å². The molecule has 1 amide bonds. The third-order valence-electron chi connectivity index (χ3n) is 4.97. The van der Waals surface area contributed by atoms with E-state index >= 15 is 0 Å². The first-order valence-electron chi connectivity index (χ1n) is 7.79. The van der Waals surface area contributed by atoms with Crippen molar-refractivity contribution in [2.75, 3.05) is 6.61 Å². The molecule has 0 saturated heterocycles. The van der Waals surface area contributed by atoms with Crippen LogP contribution in [0.15, 0.2) is 6.33 Å². The number of aromatic amines is 1. The Morgan fingerprint density at radius 1 is 1.52 bits per heavy atom. The van der Waals surface area contributed by atoms with Crippen LogP contribution >= 0.6 is 0 Å². The minimum Gasteiger partial charge on any atom is -0.394 e. The molecule has 1 aliphatic carbocycles. The zero-order valence-electron chi connectivity index (χ0n) is 12.5. The number of H-pyrrole nitrogens is 1. The highest BCUT2D eigenvalue weighted by Crippen LogP contribution is 2.31. The van der Waals surface area contributed by atoms with Gasteiger partial charge in [-0.2, -0.15) is 0 Å². The standard InChI is InChI=1S/C15H24N4O2/c1-10-2-4-15(8-20,5-3-10)19-14(21)12-6-11-13(7-16-12)18-9-17-11/h9-10,12,16,20H,2-8H2,1H3,(H,17,18)(H,19,21). The number of rotatable bonds is 3. The largest absolute Gasteiger partial charge is 0.394 e. The summed E-state index contributed by atoms with van der Waals surface area (Å²) in [6.07, 6.45) is 6.10. The van der Waals surface area contributed by atoms with Crippen molar-refractivity contribution >= 4 is 5.91 Å². The summed E-state index contributed by atoms with van der Waals surface area (Å²) in [5.41, 5.74) is 1.59. The van der Waals surface area contributed by atoms with Gasteiger partial charge >= 0.3 is 0 Å². The molecule has 0 bridgehead atoms. The molecule has 1 aromatic heterocycles. The van der Waals surface area contributed by atoms with Crippen LogP contribution in [0.2, 0.25) is 0 Å². The lowest BCUT2D eigenvalue weighted by molar-refractivity contribution is -0.126.